The molecule has 0 fully saturated rings. The van der Waals surface area contributed by atoms with Crippen molar-refractivity contribution in [2.45, 2.75) is 6.42 Å². The van der Waals surface area contributed by atoms with Gasteiger partial charge in [-0.25, -0.2) is 0 Å². The molecule has 0 heterocycles. The van der Waals surface area contributed by atoms with Gasteiger partial charge in [0.25, 0.3) is 0 Å². The number of ether oxygens (including phenoxy) is 1. The number of hydrogen-bond donors (Lipinski definition) is 0. The van der Waals surface area contributed by atoms with Crippen molar-refractivity contribution in [2.24, 2.45) is 0 Å². The van der Waals surface area contributed by atoms with Crippen molar-refractivity contribution < 1.29 is 45.9 Å². The molecular formula is C17H15F6FeOP. The van der Waals surface area contributed by atoms with Crippen molar-refractivity contribution in [3.05, 3.63) is 83.4 Å². The number of rotatable bonds is 2. The molecule has 1 aliphatic carbocycles. The number of hydrogen-bond acceptors (Lipinski definition) is 1. The van der Waals surface area contributed by atoms with Crippen molar-refractivity contribution in [3.63, 3.8) is 0 Å². The summed E-state index contributed by atoms with van der Waals surface area (Å²) in [6.45, 7) is 0. The van der Waals surface area contributed by atoms with Gasteiger partial charge in [0.05, 0.1) is 0 Å². The van der Waals surface area contributed by atoms with Crippen LogP contribution in [0.15, 0.2) is 83.4 Å². The summed E-state index contributed by atoms with van der Waals surface area (Å²) in [7, 11) is -10.7. The molecule has 0 N–H and O–H groups in total. The predicted molar refractivity (Wildman–Crippen MR) is 88.4 cm³/mol. The Morgan fingerprint density at radius 2 is 1.12 bits per heavy atom. The zero-order valence-electron chi connectivity index (χ0n) is 13.2. The Hall–Kier alpha value is -1.75. The Bertz CT molecular complexity index is 694. The van der Waals surface area contributed by atoms with E-state index >= 15 is 0 Å². The van der Waals surface area contributed by atoms with E-state index in [0.29, 0.717) is 0 Å². The van der Waals surface area contributed by atoms with Gasteiger partial charge in [0.15, 0.2) is 0 Å². The van der Waals surface area contributed by atoms with Gasteiger partial charge in [0.2, 0.25) is 0 Å². The van der Waals surface area contributed by atoms with Crippen LogP contribution < -0.4 is 4.74 Å². The van der Waals surface area contributed by atoms with Crippen LogP contribution in [0.3, 0.4) is 0 Å². The number of benzene rings is 2. The van der Waals surface area contributed by atoms with Crippen LogP contribution in [-0.4, -0.2) is 0 Å². The Balaban J connectivity index is 0.000000220. The molecule has 0 amide bonds. The molecule has 0 radical (unpaired) electrons. The van der Waals surface area contributed by atoms with Crippen LogP contribution in [0.4, 0.5) is 25.2 Å². The fourth-order valence-corrected chi connectivity index (χ4v) is 1.77. The molecule has 0 unspecified atom stereocenters. The number of para-hydroxylation sites is 2. The monoisotopic (exact) mass is 436 g/mol. The SMILES string of the molecule is F[P-](F)(F)(F)(F)F.[Fe+][C]1=CC=CC1.c1ccc(Oc2ccccc2)cc1. The first-order valence-electron chi connectivity index (χ1n) is 7.14. The minimum absolute atomic E-state index is 0.869. The van der Waals surface area contributed by atoms with E-state index in [-0.39, 0.29) is 0 Å². The summed E-state index contributed by atoms with van der Waals surface area (Å²) >= 11 is 3.74. The molecule has 3 rings (SSSR count). The summed E-state index contributed by atoms with van der Waals surface area (Å²) < 4.78 is 66.0. The third kappa shape index (κ3) is 15.8. The second-order valence-corrected chi connectivity index (χ2v) is 7.54. The van der Waals surface area contributed by atoms with Gasteiger partial charge < -0.3 is 4.74 Å². The largest absolute Gasteiger partial charge is 0.457 e. The molecule has 1 nitrogen and oxygen atoms in total. The minimum atomic E-state index is -10.7. The Kier molecular flexibility index (Phi) is 7.11. The maximum absolute atomic E-state index is 10.7. The fourth-order valence-electron chi connectivity index (χ4n) is 1.53. The molecule has 9 heteroatoms. The van der Waals surface area contributed by atoms with Gasteiger partial charge in [0, 0.05) is 0 Å². The van der Waals surface area contributed by atoms with Gasteiger partial charge in [-0.05, 0) is 24.3 Å². The van der Waals surface area contributed by atoms with E-state index in [2.05, 4.69) is 22.1 Å². The second-order valence-electron chi connectivity index (χ2n) is 4.92. The van der Waals surface area contributed by atoms with Gasteiger partial charge in [0.1, 0.15) is 11.5 Å². The van der Waals surface area contributed by atoms with Gasteiger partial charge >= 0.3 is 78.1 Å². The van der Waals surface area contributed by atoms with Crippen LogP contribution in [0.1, 0.15) is 6.42 Å². The first-order valence-corrected chi connectivity index (χ1v) is 9.72. The molecular weight excluding hydrogens is 421 g/mol. The van der Waals surface area contributed by atoms with Crippen molar-refractivity contribution in [3.8, 4) is 11.5 Å². The molecule has 2 aromatic rings. The smallest absolute Gasteiger partial charge is 0.127 e. The van der Waals surface area contributed by atoms with E-state index in [1.54, 1.807) is 0 Å². The van der Waals surface area contributed by atoms with E-state index in [1.165, 1.54) is 4.47 Å². The van der Waals surface area contributed by atoms with Crippen LogP contribution in [0.5, 0.6) is 11.5 Å². The maximum atomic E-state index is 9.87. The zero-order chi connectivity index (χ0) is 19.7. The standard InChI is InChI=1S/C12H10O.C5H5.F6P.Fe/c1-3-7-11(8-4-1)13-12-9-5-2-6-10-12;1-2-4-5-3-1;1-7(2,3,4,5)6;/h1-10H;1-3H,4H2;;/q;;-1;+1. The van der Waals surface area contributed by atoms with Crippen molar-refractivity contribution >= 4 is 7.81 Å². The third-order valence-corrected chi connectivity index (χ3v) is 2.85. The Morgan fingerprint density at radius 3 is 1.35 bits per heavy atom. The molecule has 0 spiro atoms. The van der Waals surface area contributed by atoms with Crippen LogP contribution >= 0.6 is 7.81 Å². The number of allylic oxidation sites excluding steroid dienone is 4. The first kappa shape index (κ1) is 22.3. The molecule has 0 aliphatic heterocycles. The minimum Gasteiger partial charge on any atom is -0.457 e. The molecule has 144 valence electrons. The van der Waals surface area contributed by atoms with E-state index in [4.69, 9.17) is 4.74 Å². The van der Waals surface area contributed by atoms with E-state index < -0.39 is 7.81 Å². The summed E-state index contributed by atoms with van der Waals surface area (Å²) in [5, 5.41) is 0. The molecule has 26 heavy (non-hydrogen) atoms. The Morgan fingerprint density at radius 1 is 0.731 bits per heavy atom. The third-order valence-electron chi connectivity index (χ3n) is 2.44. The topological polar surface area (TPSA) is 9.23 Å². The van der Waals surface area contributed by atoms with Gasteiger partial charge in [-0.1, -0.05) is 36.4 Å². The average Bonchev–Trinajstić information content (AvgIpc) is 2.98. The van der Waals surface area contributed by atoms with Gasteiger partial charge in [-0.15, -0.1) is 0 Å². The predicted octanol–water partition coefficient (Wildman–Crippen LogP) is 8.24. The fraction of sp³-hybridized carbons (Fsp3) is 0.0588. The van der Waals surface area contributed by atoms with Gasteiger partial charge in [-0.2, -0.15) is 0 Å². The summed E-state index contributed by atoms with van der Waals surface area (Å²) in [6, 6.07) is 19.5. The molecule has 1 aliphatic rings. The van der Waals surface area contributed by atoms with Crippen LogP contribution in [0.2, 0.25) is 0 Å². The van der Waals surface area contributed by atoms with Crippen molar-refractivity contribution in [1.82, 2.24) is 0 Å². The molecule has 2 aromatic carbocycles. The van der Waals surface area contributed by atoms with E-state index in [0.717, 1.165) is 17.9 Å². The van der Waals surface area contributed by atoms with E-state index in [1.807, 2.05) is 72.8 Å². The zero-order valence-corrected chi connectivity index (χ0v) is 15.2. The summed E-state index contributed by atoms with van der Waals surface area (Å²) in [5.41, 5.74) is 0. The van der Waals surface area contributed by atoms with Crippen LogP contribution in [0.25, 0.3) is 0 Å². The molecule has 0 atom stereocenters. The molecule has 0 aromatic heterocycles. The van der Waals surface area contributed by atoms with Crippen LogP contribution in [0, 0.1) is 0 Å². The normalized spacial score (nSPS) is 15.3. The van der Waals surface area contributed by atoms with E-state index in [9.17, 15) is 25.2 Å². The van der Waals surface area contributed by atoms with Crippen LogP contribution in [-0.2, 0) is 16.0 Å². The Labute approximate surface area is 155 Å². The molecule has 0 saturated heterocycles. The van der Waals surface area contributed by atoms with Crippen molar-refractivity contribution in [2.75, 3.05) is 0 Å². The summed E-state index contributed by atoms with van der Waals surface area (Å²) in [6.07, 6.45) is 7.21. The average molecular weight is 436 g/mol. The van der Waals surface area contributed by atoms with Gasteiger partial charge in [-0.3, -0.25) is 0 Å². The number of halogens is 6. The maximum Gasteiger partial charge on any atom is 0.127 e. The summed E-state index contributed by atoms with van der Waals surface area (Å²) in [4.78, 5) is 0. The second kappa shape index (κ2) is 8.29. The molecule has 0 saturated carbocycles. The van der Waals surface area contributed by atoms with Crippen molar-refractivity contribution in [1.29, 1.82) is 0 Å². The summed E-state index contributed by atoms with van der Waals surface area (Å²) in [5.74, 6) is 1.74. The molecule has 0 bridgehead atoms. The quantitative estimate of drug-likeness (QED) is 0.262. The first-order chi connectivity index (χ1) is 11.8.